The minimum absolute atomic E-state index is 0.183. The molecule has 7 nitrogen and oxygen atoms in total. The first-order chi connectivity index (χ1) is 11.6. The molecule has 0 fully saturated rings. The number of hydrogen-bond donors (Lipinski definition) is 2. The normalized spacial score (nSPS) is 12.2. The fourth-order valence-corrected chi connectivity index (χ4v) is 2.36. The fraction of sp³-hybridized carbons (Fsp3) is 0.0625. The number of anilines is 1. The van der Waals surface area contributed by atoms with Gasteiger partial charge in [0.05, 0.1) is 6.21 Å². The smallest absolute Gasteiger partial charge is 0.329 e. The SMILES string of the molecule is O=C(N/N=C\c1ccc2c(c1)OCO2)C(=O)Nc1cccc(Br)c1. The Morgan fingerprint density at radius 3 is 2.75 bits per heavy atom. The number of fused-ring (bicyclic) bond motifs is 1. The van der Waals surface area contributed by atoms with E-state index in [4.69, 9.17) is 9.47 Å². The van der Waals surface area contributed by atoms with E-state index in [9.17, 15) is 9.59 Å². The maximum Gasteiger partial charge on any atom is 0.329 e. The van der Waals surface area contributed by atoms with Gasteiger partial charge in [-0.15, -0.1) is 0 Å². The molecule has 0 atom stereocenters. The standard InChI is InChI=1S/C16H12BrN3O4/c17-11-2-1-3-12(7-11)19-15(21)16(22)20-18-8-10-4-5-13-14(6-10)24-9-23-13/h1-8H,9H2,(H,19,21)(H,20,22)/b18-8-. The maximum absolute atomic E-state index is 11.8. The number of amides is 2. The van der Waals surface area contributed by atoms with E-state index in [2.05, 4.69) is 31.8 Å². The summed E-state index contributed by atoms with van der Waals surface area (Å²) in [4.78, 5) is 23.5. The van der Waals surface area contributed by atoms with Crippen molar-refractivity contribution in [3.63, 3.8) is 0 Å². The minimum atomic E-state index is -0.869. The Bertz CT molecular complexity index is 823. The largest absolute Gasteiger partial charge is 0.454 e. The average Bonchev–Trinajstić information content (AvgIpc) is 3.02. The highest BCUT2D eigenvalue weighted by atomic mass is 79.9. The molecule has 1 aliphatic heterocycles. The van der Waals surface area contributed by atoms with Crippen molar-refractivity contribution < 1.29 is 19.1 Å². The number of benzene rings is 2. The molecule has 0 saturated heterocycles. The van der Waals surface area contributed by atoms with E-state index in [1.165, 1.54) is 6.21 Å². The fourth-order valence-electron chi connectivity index (χ4n) is 1.96. The molecular weight excluding hydrogens is 378 g/mol. The zero-order chi connectivity index (χ0) is 16.9. The van der Waals surface area contributed by atoms with Crippen LogP contribution in [0.2, 0.25) is 0 Å². The Labute approximate surface area is 145 Å². The number of nitrogens with one attached hydrogen (secondary N) is 2. The van der Waals surface area contributed by atoms with E-state index in [0.717, 1.165) is 4.47 Å². The Morgan fingerprint density at radius 1 is 1.08 bits per heavy atom. The predicted molar refractivity (Wildman–Crippen MR) is 91.1 cm³/mol. The third-order valence-electron chi connectivity index (χ3n) is 3.07. The van der Waals surface area contributed by atoms with Gasteiger partial charge in [0.1, 0.15) is 0 Å². The van der Waals surface area contributed by atoms with Gasteiger partial charge in [0.15, 0.2) is 11.5 Å². The monoisotopic (exact) mass is 389 g/mol. The van der Waals surface area contributed by atoms with Crippen LogP contribution in [0, 0.1) is 0 Å². The number of halogens is 1. The zero-order valence-electron chi connectivity index (χ0n) is 12.3. The van der Waals surface area contributed by atoms with Gasteiger partial charge in [-0.3, -0.25) is 9.59 Å². The van der Waals surface area contributed by atoms with Crippen LogP contribution in [-0.2, 0) is 9.59 Å². The molecular formula is C16H12BrN3O4. The highest BCUT2D eigenvalue weighted by molar-refractivity contribution is 9.10. The minimum Gasteiger partial charge on any atom is -0.454 e. The molecule has 1 heterocycles. The number of nitrogens with zero attached hydrogens (tertiary/aromatic N) is 1. The molecule has 0 saturated carbocycles. The van der Waals surface area contributed by atoms with Crippen molar-refractivity contribution in [2.24, 2.45) is 5.10 Å². The summed E-state index contributed by atoms with van der Waals surface area (Å²) in [5, 5.41) is 6.23. The summed E-state index contributed by atoms with van der Waals surface area (Å²) >= 11 is 3.28. The number of hydrogen-bond acceptors (Lipinski definition) is 5. The molecule has 24 heavy (non-hydrogen) atoms. The molecule has 122 valence electrons. The topological polar surface area (TPSA) is 89.0 Å². The van der Waals surface area contributed by atoms with Crippen LogP contribution in [0.3, 0.4) is 0 Å². The molecule has 0 spiro atoms. The summed E-state index contributed by atoms with van der Waals surface area (Å²) in [5.74, 6) is -0.412. The van der Waals surface area contributed by atoms with Crippen molar-refractivity contribution in [2.75, 3.05) is 12.1 Å². The summed E-state index contributed by atoms with van der Waals surface area (Å²) in [6.07, 6.45) is 1.41. The van der Waals surface area contributed by atoms with Crippen LogP contribution in [0.5, 0.6) is 11.5 Å². The van der Waals surface area contributed by atoms with Gasteiger partial charge in [0.25, 0.3) is 0 Å². The van der Waals surface area contributed by atoms with Gasteiger partial charge in [0, 0.05) is 10.2 Å². The summed E-state index contributed by atoms with van der Waals surface area (Å²) in [7, 11) is 0. The lowest BCUT2D eigenvalue weighted by Crippen LogP contribution is -2.32. The van der Waals surface area contributed by atoms with Gasteiger partial charge >= 0.3 is 11.8 Å². The Kier molecular flexibility index (Phi) is 4.76. The number of carbonyl (C=O) groups is 2. The predicted octanol–water partition coefficient (Wildman–Crippen LogP) is 2.27. The van der Waals surface area contributed by atoms with Crippen LogP contribution >= 0.6 is 15.9 Å². The highest BCUT2D eigenvalue weighted by Crippen LogP contribution is 2.31. The van der Waals surface area contributed by atoms with E-state index in [-0.39, 0.29) is 6.79 Å². The van der Waals surface area contributed by atoms with Crippen LogP contribution in [-0.4, -0.2) is 24.8 Å². The first kappa shape index (κ1) is 16.0. The molecule has 1 aliphatic rings. The summed E-state index contributed by atoms with van der Waals surface area (Å²) in [6.45, 7) is 0.183. The molecule has 0 radical (unpaired) electrons. The van der Waals surface area contributed by atoms with Gasteiger partial charge in [0.2, 0.25) is 6.79 Å². The van der Waals surface area contributed by atoms with E-state index >= 15 is 0 Å². The lowest BCUT2D eigenvalue weighted by atomic mass is 10.2. The zero-order valence-corrected chi connectivity index (χ0v) is 13.9. The molecule has 2 aromatic rings. The van der Waals surface area contributed by atoms with Crippen molar-refractivity contribution in [3.05, 3.63) is 52.5 Å². The Morgan fingerprint density at radius 2 is 1.92 bits per heavy atom. The first-order valence-electron chi connectivity index (χ1n) is 6.91. The highest BCUT2D eigenvalue weighted by Gasteiger charge is 2.14. The van der Waals surface area contributed by atoms with Crippen LogP contribution < -0.4 is 20.2 Å². The second-order valence-corrected chi connectivity index (χ2v) is 5.69. The van der Waals surface area contributed by atoms with Crippen LogP contribution in [0.15, 0.2) is 52.0 Å². The molecule has 0 unspecified atom stereocenters. The van der Waals surface area contributed by atoms with Crippen LogP contribution in [0.1, 0.15) is 5.56 Å². The van der Waals surface area contributed by atoms with Gasteiger partial charge < -0.3 is 14.8 Å². The lowest BCUT2D eigenvalue weighted by molar-refractivity contribution is -0.136. The van der Waals surface area contributed by atoms with Crippen molar-refractivity contribution in [1.82, 2.24) is 5.43 Å². The third kappa shape index (κ3) is 3.90. The Balaban J connectivity index is 1.55. The van der Waals surface area contributed by atoms with E-state index < -0.39 is 11.8 Å². The van der Waals surface area contributed by atoms with E-state index in [0.29, 0.717) is 22.7 Å². The van der Waals surface area contributed by atoms with Crippen molar-refractivity contribution in [1.29, 1.82) is 0 Å². The number of rotatable bonds is 3. The van der Waals surface area contributed by atoms with Gasteiger partial charge in [-0.25, -0.2) is 5.43 Å². The van der Waals surface area contributed by atoms with Crippen LogP contribution in [0.4, 0.5) is 5.69 Å². The molecule has 2 amide bonds. The van der Waals surface area contributed by atoms with Crippen molar-refractivity contribution in [3.8, 4) is 11.5 Å². The first-order valence-corrected chi connectivity index (χ1v) is 7.71. The van der Waals surface area contributed by atoms with Gasteiger partial charge in [-0.05, 0) is 42.0 Å². The molecule has 8 heteroatoms. The van der Waals surface area contributed by atoms with Gasteiger partial charge in [-0.1, -0.05) is 22.0 Å². The number of hydrazone groups is 1. The third-order valence-corrected chi connectivity index (χ3v) is 3.56. The summed E-state index contributed by atoms with van der Waals surface area (Å²) in [5.41, 5.74) is 3.37. The molecule has 0 aliphatic carbocycles. The Hall–Kier alpha value is -2.87. The molecule has 3 rings (SSSR count). The lowest BCUT2D eigenvalue weighted by Gasteiger charge is -2.04. The number of carbonyl (C=O) groups excluding carboxylic acids is 2. The van der Waals surface area contributed by atoms with Crippen molar-refractivity contribution >= 4 is 39.6 Å². The van der Waals surface area contributed by atoms with Crippen molar-refractivity contribution in [2.45, 2.75) is 0 Å². The molecule has 2 N–H and O–H groups in total. The quantitative estimate of drug-likeness (QED) is 0.478. The molecule has 0 bridgehead atoms. The number of ether oxygens (including phenoxy) is 2. The second-order valence-electron chi connectivity index (χ2n) is 4.78. The summed E-state index contributed by atoms with van der Waals surface area (Å²) in [6, 6.07) is 12.1. The average molecular weight is 390 g/mol. The van der Waals surface area contributed by atoms with Crippen LogP contribution in [0.25, 0.3) is 0 Å². The molecule has 2 aromatic carbocycles. The maximum atomic E-state index is 11.8. The van der Waals surface area contributed by atoms with E-state index in [1.54, 1.807) is 36.4 Å². The summed E-state index contributed by atoms with van der Waals surface area (Å²) < 4.78 is 11.2. The van der Waals surface area contributed by atoms with E-state index in [1.807, 2.05) is 6.07 Å². The second kappa shape index (κ2) is 7.14. The van der Waals surface area contributed by atoms with Gasteiger partial charge in [-0.2, -0.15) is 5.10 Å². The molecule has 0 aromatic heterocycles.